The Morgan fingerprint density at radius 1 is 1.07 bits per heavy atom. The van der Waals surface area contributed by atoms with Crippen LogP contribution in [0.1, 0.15) is 18.3 Å². The van der Waals surface area contributed by atoms with E-state index in [0.29, 0.717) is 29.3 Å². The van der Waals surface area contributed by atoms with Crippen molar-refractivity contribution in [2.24, 2.45) is 0 Å². The maximum Gasteiger partial charge on any atom is 0.297 e. The first-order valence-corrected chi connectivity index (χ1v) is 9.33. The van der Waals surface area contributed by atoms with Crippen LogP contribution in [0, 0.1) is 0 Å². The molecule has 2 aromatic carbocycles. The molecule has 2 aromatic heterocycles. The number of para-hydroxylation sites is 2. The van der Waals surface area contributed by atoms with Crippen molar-refractivity contribution in [2.75, 3.05) is 0 Å². The Kier molecular flexibility index (Phi) is 4.83. The van der Waals surface area contributed by atoms with E-state index in [4.69, 9.17) is 11.6 Å². The minimum absolute atomic E-state index is 0.116. The molecule has 0 aliphatic carbocycles. The fourth-order valence-electron chi connectivity index (χ4n) is 3.24. The largest absolute Gasteiger partial charge is 0.350 e. The van der Waals surface area contributed by atoms with Gasteiger partial charge in [0, 0.05) is 18.0 Å². The molecule has 0 saturated heterocycles. The van der Waals surface area contributed by atoms with Gasteiger partial charge in [0.15, 0.2) is 0 Å². The van der Waals surface area contributed by atoms with Crippen LogP contribution in [-0.2, 0) is 24.3 Å². The van der Waals surface area contributed by atoms with Gasteiger partial charge in [0.1, 0.15) is 12.4 Å². The van der Waals surface area contributed by atoms with Gasteiger partial charge in [-0.1, -0.05) is 48.9 Å². The summed E-state index contributed by atoms with van der Waals surface area (Å²) in [6.45, 7) is 2.13. The number of nitrogens with one attached hydrogen (secondary N) is 1. The third kappa shape index (κ3) is 3.14. The van der Waals surface area contributed by atoms with Crippen molar-refractivity contribution in [1.29, 1.82) is 0 Å². The van der Waals surface area contributed by atoms with Gasteiger partial charge >= 0.3 is 0 Å². The van der Waals surface area contributed by atoms with Gasteiger partial charge in [-0.2, -0.15) is 0 Å². The van der Waals surface area contributed by atoms with E-state index < -0.39 is 0 Å². The molecule has 28 heavy (non-hydrogen) atoms. The van der Waals surface area contributed by atoms with Gasteiger partial charge in [-0.25, -0.2) is 0 Å². The number of benzene rings is 2. The van der Waals surface area contributed by atoms with E-state index in [1.54, 1.807) is 10.5 Å². The zero-order valence-corrected chi connectivity index (χ0v) is 16.0. The number of amides is 1. The number of carbonyl (C=O) groups is 1. The Hall–Kier alpha value is -3.19. The number of rotatable bonds is 5. The molecule has 4 rings (SSSR count). The van der Waals surface area contributed by atoms with Crippen molar-refractivity contribution >= 4 is 34.2 Å². The quantitative estimate of drug-likeness (QED) is 0.563. The summed E-state index contributed by atoms with van der Waals surface area (Å²) < 4.78 is 3.19. The summed E-state index contributed by atoms with van der Waals surface area (Å²) in [5.74, 6) is 0.422. The van der Waals surface area contributed by atoms with Crippen LogP contribution in [0.3, 0.4) is 0 Å². The maximum absolute atomic E-state index is 13.0. The van der Waals surface area contributed by atoms with Crippen LogP contribution in [0.15, 0.2) is 53.3 Å². The van der Waals surface area contributed by atoms with Gasteiger partial charge < -0.3 is 5.32 Å². The first kappa shape index (κ1) is 18.2. The summed E-state index contributed by atoms with van der Waals surface area (Å²) in [6.07, 6.45) is 0.646. The highest BCUT2D eigenvalue weighted by Crippen LogP contribution is 2.16. The van der Waals surface area contributed by atoms with Crippen molar-refractivity contribution in [2.45, 2.75) is 26.4 Å². The molecule has 8 heteroatoms. The summed E-state index contributed by atoms with van der Waals surface area (Å²) in [5, 5.41) is 11.6. The second-order valence-electron chi connectivity index (χ2n) is 6.38. The molecule has 0 radical (unpaired) electrons. The van der Waals surface area contributed by atoms with E-state index >= 15 is 0 Å². The van der Waals surface area contributed by atoms with E-state index in [0.717, 1.165) is 11.1 Å². The molecule has 2 heterocycles. The highest BCUT2D eigenvalue weighted by atomic mass is 35.5. The first-order chi connectivity index (χ1) is 13.6. The zero-order valence-electron chi connectivity index (χ0n) is 15.2. The van der Waals surface area contributed by atoms with Gasteiger partial charge in [0.2, 0.25) is 11.6 Å². The molecule has 0 bridgehead atoms. The van der Waals surface area contributed by atoms with E-state index in [9.17, 15) is 9.59 Å². The molecule has 142 valence electrons. The lowest BCUT2D eigenvalue weighted by molar-refractivity contribution is -0.121. The number of halogens is 1. The minimum Gasteiger partial charge on any atom is -0.350 e. The van der Waals surface area contributed by atoms with Gasteiger partial charge in [0.05, 0.1) is 11.0 Å². The fraction of sp³-hybridized carbons (Fsp3) is 0.200. The molecule has 0 unspecified atom stereocenters. The molecular weight excluding hydrogens is 378 g/mol. The standard InChI is InChI=1S/C20H18ClN5O2/c1-2-17-23-24-19-20(28)25(15-9-5-6-10-16(15)26(17)19)12-18(27)22-11-13-7-3-4-8-14(13)21/h3-10H,2,11-12H2,1H3,(H,22,27). The third-order valence-corrected chi connectivity index (χ3v) is 5.00. The number of hydrogen-bond donors (Lipinski definition) is 1. The van der Waals surface area contributed by atoms with Crippen LogP contribution in [0.2, 0.25) is 5.02 Å². The Balaban J connectivity index is 1.70. The highest BCUT2D eigenvalue weighted by molar-refractivity contribution is 6.31. The van der Waals surface area contributed by atoms with E-state index in [-0.39, 0.29) is 23.7 Å². The number of hydrogen-bond acceptors (Lipinski definition) is 4. The number of fused-ring (bicyclic) bond motifs is 3. The normalized spacial score (nSPS) is 11.2. The van der Waals surface area contributed by atoms with Crippen molar-refractivity contribution in [3.05, 3.63) is 75.3 Å². The summed E-state index contributed by atoms with van der Waals surface area (Å²) in [4.78, 5) is 25.5. The van der Waals surface area contributed by atoms with Crippen LogP contribution >= 0.6 is 11.6 Å². The van der Waals surface area contributed by atoms with Crippen molar-refractivity contribution in [3.63, 3.8) is 0 Å². The summed E-state index contributed by atoms with van der Waals surface area (Å²) >= 11 is 6.13. The zero-order chi connectivity index (χ0) is 19.7. The molecule has 0 spiro atoms. The van der Waals surface area contributed by atoms with Gasteiger partial charge in [0.25, 0.3) is 5.56 Å². The first-order valence-electron chi connectivity index (χ1n) is 8.95. The van der Waals surface area contributed by atoms with Gasteiger partial charge in [-0.15, -0.1) is 10.2 Å². The molecule has 1 N–H and O–H groups in total. The maximum atomic E-state index is 13.0. The summed E-state index contributed by atoms with van der Waals surface area (Å²) in [7, 11) is 0. The van der Waals surface area contributed by atoms with Gasteiger partial charge in [-0.05, 0) is 23.8 Å². The molecule has 0 atom stereocenters. The third-order valence-electron chi connectivity index (χ3n) is 4.63. The van der Waals surface area contributed by atoms with Crippen LogP contribution in [0.5, 0.6) is 0 Å². The monoisotopic (exact) mass is 395 g/mol. The average molecular weight is 396 g/mol. The highest BCUT2D eigenvalue weighted by Gasteiger charge is 2.17. The van der Waals surface area contributed by atoms with E-state index in [1.807, 2.05) is 49.4 Å². The van der Waals surface area contributed by atoms with Crippen LogP contribution in [0.25, 0.3) is 16.7 Å². The van der Waals surface area contributed by atoms with Gasteiger partial charge in [-0.3, -0.25) is 18.6 Å². The van der Waals surface area contributed by atoms with Crippen molar-refractivity contribution in [1.82, 2.24) is 24.5 Å². The number of aromatic nitrogens is 4. The SMILES string of the molecule is CCc1nnc2c(=O)n(CC(=O)NCc3ccccc3Cl)c3ccccc3n12. The molecule has 4 aromatic rings. The predicted octanol–water partition coefficient (Wildman–Crippen LogP) is 2.58. The van der Waals surface area contributed by atoms with E-state index in [2.05, 4.69) is 15.5 Å². The number of nitrogens with zero attached hydrogens (tertiary/aromatic N) is 4. The number of aryl methyl sites for hydroxylation is 1. The Labute approximate surface area is 165 Å². The molecular formula is C20H18ClN5O2. The topological polar surface area (TPSA) is 81.3 Å². The molecule has 1 amide bonds. The lowest BCUT2D eigenvalue weighted by Gasteiger charge is -2.13. The summed E-state index contributed by atoms with van der Waals surface area (Å²) in [5.41, 5.74) is 2.13. The predicted molar refractivity (Wildman–Crippen MR) is 107 cm³/mol. The van der Waals surface area contributed by atoms with Crippen LogP contribution in [0.4, 0.5) is 0 Å². The summed E-state index contributed by atoms with van der Waals surface area (Å²) in [6, 6.07) is 14.7. The van der Waals surface area contributed by atoms with Crippen molar-refractivity contribution in [3.8, 4) is 0 Å². The molecule has 0 saturated carbocycles. The van der Waals surface area contributed by atoms with Crippen LogP contribution < -0.4 is 10.9 Å². The van der Waals surface area contributed by atoms with Crippen LogP contribution in [-0.4, -0.2) is 25.1 Å². The second kappa shape index (κ2) is 7.44. The molecule has 0 aliphatic rings. The fourth-order valence-corrected chi connectivity index (χ4v) is 3.44. The average Bonchev–Trinajstić information content (AvgIpc) is 3.15. The smallest absolute Gasteiger partial charge is 0.297 e. The molecule has 0 fully saturated rings. The minimum atomic E-state index is -0.348. The Morgan fingerprint density at radius 3 is 2.54 bits per heavy atom. The van der Waals surface area contributed by atoms with E-state index in [1.165, 1.54) is 4.57 Å². The Morgan fingerprint density at radius 2 is 1.79 bits per heavy atom. The Bertz CT molecular complexity index is 1240. The lowest BCUT2D eigenvalue weighted by atomic mass is 10.2. The lowest BCUT2D eigenvalue weighted by Crippen LogP contribution is -2.33. The number of carbonyl (C=O) groups excluding carboxylic acids is 1. The second-order valence-corrected chi connectivity index (χ2v) is 6.78. The molecule has 7 nitrogen and oxygen atoms in total. The molecule has 0 aliphatic heterocycles. The van der Waals surface area contributed by atoms with Crippen molar-refractivity contribution < 1.29 is 4.79 Å².